The van der Waals surface area contributed by atoms with Gasteiger partial charge >= 0.3 is 6.03 Å². The molecule has 3 aromatic rings. The monoisotopic (exact) mass is 549 g/mol. The van der Waals surface area contributed by atoms with Crippen molar-refractivity contribution in [1.29, 1.82) is 0 Å². The van der Waals surface area contributed by atoms with Crippen molar-refractivity contribution in [3.8, 4) is 11.6 Å². The number of benzene rings is 1. The first kappa shape index (κ1) is 25.7. The molecule has 2 amide bonds. The highest BCUT2D eigenvalue weighted by molar-refractivity contribution is 7.89. The Labute approximate surface area is 215 Å². The van der Waals surface area contributed by atoms with Gasteiger partial charge in [0.1, 0.15) is 22.6 Å². The van der Waals surface area contributed by atoms with Crippen LogP contribution >= 0.6 is 0 Å². The highest BCUT2D eigenvalue weighted by Gasteiger charge is 2.39. The Balaban J connectivity index is 1.27. The summed E-state index contributed by atoms with van der Waals surface area (Å²) >= 11 is 0. The second-order valence-electron chi connectivity index (χ2n) is 8.95. The van der Waals surface area contributed by atoms with Gasteiger partial charge in [0.15, 0.2) is 17.4 Å². The van der Waals surface area contributed by atoms with Crippen LogP contribution in [-0.4, -0.2) is 64.5 Å². The van der Waals surface area contributed by atoms with Gasteiger partial charge in [0, 0.05) is 24.8 Å². The quantitative estimate of drug-likeness (QED) is 0.520. The van der Waals surface area contributed by atoms with Gasteiger partial charge in [-0.15, -0.1) is 0 Å². The molecule has 0 unspecified atom stereocenters. The third-order valence-electron chi connectivity index (χ3n) is 6.24. The van der Waals surface area contributed by atoms with E-state index in [0.717, 1.165) is 29.4 Å². The van der Waals surface area contributed by atoms with Crippen molar-refractivity contribution >= 4 is 22.3 Å². The fourth-order valence-corrected chi connectivity index (χ4v) is 5.47. The van der Waals surface area contributed by atoms with E-state index in [1.165, 1.54) is 35.7 Å². The number of sulfonamides is 1. The Kier molecular flexibility index (Phi) is 6.35. The normalized spacial score (nSPS) is 17.7. The first-order valence-corrected chi connectivity index (χ1v) is 12.9. The number of carbonyl (C=O) groups is 1. The number of urea groups is 1. The van der Waals surface area contributed by atoms with E-state index in [0.29, 0.717) is 6.42 Å². The summed E-state index contributed by atoms with van der Waals surface area (Å²) in [6, 6.07) is 3.19. The molecule has 2 N–H and O–H groups in total. The fourth-order valence-electron chi connectivity index (χ4n) is 4.52. The standard InChI is InChI=1S/C23H22F3N7O4S/c1-12-22(38(27,35)36)13(2)32(30-12)21-8-20(18(26)9-28-21)37-17-10-31(11-17)23(34)33-19(3-4-29-33)14-5-15(24)7-16(25)6-14/h4-9,17,19H,3,10-11H2,1-2H3,(H2,27,35,36)/t19-/m0/s1. The molecule has 1 aromatic carbocycles. The Hall–Kier alpha value is -3.98. The number of likely N-dealkylation sites (tertiary alicyclic amines) is 1. The van der Waals surface area contributed by atoms with Crippen LogP contribution in [0, 0.1) is 31.3 Å². The molecule has 0 spiro atoms. The second-order valence-corrected chi connectivity index (χ2v) is 10.5. The molecule has 2 aliphatic rings. The maximum atomic E-state index is 14.5. The molecule has 1 saturated heterocycles. The van der Waals surface area contributed by atoms with Crippen LogP contribution in [0.1, 0.15) is 29.4 Å². The predicted octanol–water partition coefficient (Wildman–Crippen LogP) is 2.56. The largest absolute Gasteiger partial charge is 0.483 e. The van der Waals surface area contributed by atoms with E-state index in [-0.39, 0.29) is 46.5 Å². The summed E-state index contributed by atoms with van der Waals surface area (Å²) in [6.07, 6.45) is 2.15. The number of nitrogens with two attached hydrogens (primary N) is 1. The molecular formula is C23H22F3N7O4S. The minimum atomic E-state index is -4.04. The molecule has 0 radical (unpaired) electrons. The minimum absolute atomic E-state index is 0.112. The maximum absolute atomic E-state index is 14.5. The molecule has 2 aliphatic heterocycles. The van der Waals surface area contributed by atoms with Gasteiger partial charge in [-0.1, -0.05) is 0 Å². The summed E-state index contributed by atoms with van der Waals surface area (Å²) in [7, 11) is -4.04. The number of halogens is 3. The molecule has 0 saturated carbocycles. The Morgan fingerprint density at radius 2 is 1.79 bits per heavy atom. The zero-order chi connectivity index (χ0) is 27.4. The van der Waals surface area contributed by atoms with Crippen LogP contribution in [0.15, 0.2) is 40.5 Å². The van der Waals surface area contributed by atoms with Crippen molar-refractivity contribution in [3.05, 3.63) is 64.9 Å². The van der Waals surface area contributed by atoms with Gasteiger partial charge in [-0.05, 0) is 31.5 Å². The number of pyridine rings is 1. The van der Waals surface area contributed by atoms with Crippen LogP contribution in [0.25, 0.3) is 5.82 Å². The SMILES string of the molecule is Cc1nn(-c2cc(OC3CN(C(=O)N4N=CC[C@H]4c4cc(F)cc(F)c4)C3)c(F)cn2)c(C)c1S(N)(=O)=O. The number of hydrazone groups is 1. The molecule has 0 bridgehead atoms. The Morgan fingerprint density at radius 1 is 1.11 bits per heavy atom. The average Bonchev–Trinajstić information content (AvgIpc) is 3.40. The summed E-state index contributed by atoms with van der Waals surface area (Å²) < 4.78 is 72.6. The summed E-state index contributed by atoms with van der Waals surface area (Å²) in [5, 5.41) is 14.6. The number of aromatic nitrogens is 3. The topological polar surface area (TPSA) is 136 Å². The van der Waals surface area contributed by atoms with Gasteiger partial charge in [0.25, 0.3) is 0 Å². The lowest BCUT2D eigenvalue weighted by atomic mass is 10.0. The molecule has 15 heteroatoms. The highest BCUT2D eigenvalue weighted by atomic mass is 32.2. The van der Waals surface area contributed by atoms with E-state index in [9.17, 15) is 26.4 Å². The van der Waals surface area contributed by atoms with Crippen molar-refractivity contribution in [2.45, 2.75) is 37.3 Å². The van der Waals surface area contributed by atoms with E-state index in [1.54, 1.807) is 0 Å². The molecular weight excluding hydrogens is 527 g/mol. The third kappa shape index (κ3) is 4.69. The van der Waals surface area contributed by atoms with Crippen molar-refractivity contribution in [2.24, 2.45) is 10.2 Å². The van der Waals surface area contributed by atoms with Gasteiger partial charge in [-0.3, -0.25) is 0 Å². The molecule has 1 fully saturated rings. The lowest BCUT2D eigenvalue weighted by molar-refractivity contribution is 0.0256. The number of primary sulfonamides is 1. The first-order valence-electron chi connectivity index (χ1n) is 11.4. The smallest absolute Gasteiger partial charge is 0.341 e. The number of rotatable bonds is 5. The van der Waals surface area contributed by atoms with Gasteiger partial charge in [-0.25, -0.2) is 46.2 Å². The summed E-state index contributed by atoms with van der Waals surface area (Å²) in [6.45, 7) is 3.19. The van der Waals surface area contributed by atoms with Crippen molar-refractivity contribution in [1.82, 2.24) is 24.7 Å². The lowest BCUT2D eigenvalue weighted by Gasteiger charge is -2.41. The molecule has 1 atom stereocenters. The number of hydrogen-bond donors (Lipinski definition) is 1. The number of amides is 2. The second kappa shape index (κ2) is 9.40. The molecule has 2 aromatic heterocycles. The van der Waals surface area contributed by atoms with Gasteiger partial charge in [-0.2, -0.15) is 10.2 Å². The van der Waals surface area contributed by atoms with Gasteiger partial charge < -0.3 is 9.64 Å². The Morgan fingerprint density at radius 3 is 2.42 bits per heavy atom. The lowest BCUT2D eigenvalue weighted by Crippen LogP contribution is -2.58. The van der Waals surface area contributed by atoms with Gasteiger partial charge in [0.05, 0.1) is 36.7 Å². The molecule has 200 valence electrons. The maximum Gasteiger partial charge on any atom is 0.341 e. The summed E-state index contributed by atoms with van der Waals surface area (Å²) in [4.78, 5) is 18.2. The van der Waals surface area contributed by atoms with E-state index < -0.39 is 45.7 Å². The minimum Gasteiger partial charge on any atom is -0.483 e. The van der Waals surface area contributed by atoms with Crippen LogP contribution in [0.3, 0.4) is 0 Å². The highest BCUT2D eigenvalue weighted by Crippen LogP contribution is 2.32. The molecule has 11 nitrogen and oxygen atoms in total. The van der Waals surface area contributed by atoms with E-state index in [1.807, 2.05) is 0 Å². The van der Waals surface area contributed by atoms with Crippen molar-refractivity contribution in [2.75, 3.05) is 13.1 Å². The molecule has 4 heterocycles. The van der Waals surface area contributed by atoms with Crippen LogP contribution in [0.2, 0.25) is 0 Å². The number of nitrogens with zero attached hydrogens (tertiary/aromatic N) is 6. The average molecular weight is 550 g/mol. The summed E-state index contributed by atoms with van der Waals surface area (Å²) in [5.41, 5.74) is 0.646. The van der Waals surface area contributed by atoms with Crippen LogP contribution in [0.5, 0.6) is 5.75 Å². The summed E-state index contributed by atoms with van der Waals surface area (Å²) in [5.74, 6) is -2.32. The van der Waals surface area contributed by atoms with Crippen LogP contribution < -0.4 is 9.88 Å². The fraction of sp³-hybridized carbons (Fsp3) is 0.304. The van der Waals surface area contributed by atoms with E-state index >= 15 is 0 Å². The number of hydrogen-bond acceptors (Lipinski definition) is 7. The molecule has 0 aliphatic carbocycles. The van der Waals surface area contributed by atoms with Gasteiger partial charge in [0.2, 0.25) is 10.0 Å². The third-order valence-corrected chi connectivity index (χ3v) is 7.40. The van der Waals surface area contributed by atoms with E-state index in [2.05, 4.69) is 15.2 Å². The Bertz CT molecular complexity index is 1550. The molecule has 5 rings (SSSR count). The van der Waals surface area contributed by atoms with Crippen molar-refractivity contribution < 1.29 is 31.1 Å². The number of aryl methyl sites for hydroxylation is 1. The van der Waals surface area contributed by atoms with E-state index in [4.69, 9.17) is 9.88 Å². The first-order chi connectivity index (χ1) is 17.9. The molecule has 38 heavy (non-hydrogen) atoms. The zero-order valence-corrected chi connectivity index (χ0v) is 21.0. The number of ether oxygens (including phenoxy) is 1. The zero-order valence-electron chi connectivity index (χ0n) is 20.2. The number of carbonyl (C=O) groups excluding carboxylic acids is 1. The van der Waals surface area contributed by atoms with Crippen LogP contribution in [-0.2, 0) is 10.0 Å². The van der Waals surface area contributed by atoms with Crippen molar-refractivity contribution in [3.63, 3.8) is 0 Å². The van der Waals surface area contributed by atoms with Crippen LogP contribution in [0.4, 0.5) is 18.0 Å². The predicted molar refractivity (Wildman–Crippen MR) is 128 cm³/mol.